The number of carbonyl (C=O) groups excluding carboxylic acids is 1. The van der Waals surface area contributed by atoms with Crippen molar-refractivity contribution in [3.63, 3.8) is 0 Å². The van der Waals surface area contributed by atoms with Gasteiger partial charge in [0.2, 0.25) is 5.91 Å². The number of hydrogen-bond acceptors (Lipinski definition) is 4. The van der Waals surface area contributed by atoms with Gasteiger partial charge in [-0.3, -0.25) is 14.2 Å². The molecule has 6 nitrogen and oxygen atoms in total. The van der Waals surface area contributed by atoms with E-state index in [0.717, 1.165) is 55.0 Å². The number of carbonyl (C=O) groups is 1. The van der Waals surface area contributed by atoms with Gasteiger partial charge in [0.15, 0.2) is 0 Å². The molecule has 1 unspecified atom stereocenters. The van der Waals surface area contributed by atoms with Crippen molar-refractivity contribution in [3.05, 3.63) is 53.4 Å². The molecule has 3 aromatic heterocycles. The third-order valence-corrected chi connectivity index (χ3v) is 6.07. The van der Waals surface area contributed by atoms with Gasteiger partial charge in [-0.2, -0.15) is 0 Å². The maximum absolute atomic E-state index is 12.6. The van der Waals surface area contributed by atoms with Crippen molar-refractivity contribution in [1.29, 1.82) is 0 Å². The van der Waals surface area contributed by atoms with E-state index in [1.807, 2.05) is 52.0 Å². The molecule has 1 amide bonds. The summed E-state index contributed by atoms with van der Waals surface area (Å²) in [6.45, 7) is 1.48. The lowest BCUT2D eigenvalue weighted by Crippen LogP contribution is -2.49. The number of nitrogens with two attached hydrogens (primary N) is 1. The fraction of sp³-hybridized carbons (Fsp3) is 0.381. The summed E-state index contributed by atoms with van der Waals surface area (Å²) in [6.07, 6.45) is 7.28. The zero-order chi connectivity index (χ0) is 19.3. The lowest BCUT2D eigenvalue weighted by atomic mass is 9.93. The molecule has 28 heavy (non-hydrogen) atoms. The van der Waals surface area contributed by atoms with Gasteiger partial charge in [-0.1, -0.05) is 17.7 Å². The van der Waals surface area contributed by atoms with Gasteiger partial charge in [0, 0.05) is 30.9 Å². The van der Waals surface area contributed by atoms with E-state index in [0.29, 0.717) is 11.6 Å². The Kier molecular flexibility index (Phi) is 4.14. The molecule has 1 aliphatic carbocycles. The highest BCUT2D eigenvalue weighted by Gasteiger charge is 2.48. The topological polar surface area (TPSA) is 76.5 Å². The Morgan fingerprint density at radius 2 is 2.11 bits per heavy atom. The van der Waals surface area contributed by atoms with Crippen LogP contribution in [0.25, 0.3) is 17.0 Å². The minimum absolute atomic E-state index is 0.102. The second kappa shape index (κ2) is 6.57. The van der Waals surface area contributed by atoms with Gasteiger partial charge in [-0.25, -0.2) is 4.98 Å². The van der Waals surface area contributed by atoms with E-state index in [4.69, 9.17) is 22.3 Å². The molecule has 0 radical (unpaired) electrons. The third-order valence-electron chi connectivity index (χ3n) is 5.84. The van der Waals surface area contributed by atoms with Gasteiger partial charge < -0.3 is 10.6 Å². The van der Waals surface area contributed by atoms with Crippen molar-refractivity contribution in [3.8, 4) is 11.4 Å². The van der Waals surface area contributed by atoms with E-state index in [-0.39, 0.29) is 11.8 Å². The molecule has 0 aromatic carbocycles. The number of fused-ring (bicyclic) bond motifs is 1. The van der Waals surface area contributed by atoms with Crippen molar-refractivity contribution in [1.82, 2.24) is 19.3 Å². The first-order valence-corrected chi connectivity index (χ1v) is 10.1. The van der Waals surface area contributed by atoms with E-state index in [2.05, 4.69) is 4.98 Å². The van der Waals surface area contributed by atoms with Crippen molar-refractivity contribution in [2.45, 2.75) is 37.1 Å². The normalized spacial score (nSPS) is 21.1. The summed E-state index contributed by atoms with van der Waals surface area (Å²) < 4.78 is 1.95. The Balaban J connectivity index is 1.43. The molecule has 7 heteroatoms. The molecule has 1 saturated heterocycles. The second-order valence-electron chi connectivity index (χ2n) is 7.91. The molecular weight excluding hydrogens is 374 g/mol. The summed E-state index contributed by atoms with van der Waals surface area (Å²) in [5, 5.41) is 0.653. The number of piperidine rings is 1. The highest BCUT2D eigenvalue weighted by Crippen LogP contribution is 2.36. The number of amides is 1. The molecule has 1 atom stereocenters. The van der Waals surface area contributed by atoms with Crippen LogP contribution in [0.15, 0.2) is 42.7 Å². The van der Waals surface area contributed by atoms with Crippen LogP contribution in [0, 0.1) is 0 Å². The van der Waals surface area contributed by atoms with Crippen molar-refractivity contribution in [2.24, 2.45) is 5.73 Å². The standard InChI is InChI=1S/C21H22ClN5O/c22-15-6-7-19-24-11-18(27(19)13-15)17-5-1-4-16(25-17)14-3-2-10-26(12-14)20(28)21(23)8-9-21/h1,4-7,11,13-14H,2-3,8-10,12,23H2. The first kappa shape index (κ1) is 17.6. The second-order valence-corrected chi connectivity index (χ2v) is 8.35. The van der Waals surface area contributed by atoms with Gasteiger partial charge in [0.05, 0.1) is 28.1 Å². The Hall–Kier alpha value is -2.44. The average molecular weight is 396 g/mol. The highest BCUT2D eigenvalue weighted by molar-refractivity contribution is 6.30. The predicted octanol–water partition coefficient (Wildman–Crippen LogP) is 3.25. The van der Waals surface area contributed by atoms with E-state index in [1.165, 1.54) is 0 Å². The van der Waals surface area contributed by atoms with Crippen LogP contribution in [-0.4, -0.2) is 43.8 Å². The molecule has 4 heterocycles. The molecule has 5 rings (SSSR count). The van der Waals surface area contributed by atoms with Gasteiger partial charge >= 0.3 is 0 Å². The van der Waals surface area contributed by atoms with E-state index >= 15 is 0 Å². The number of rotatable bonds is 3. The fourth-order valence-corrected chi connectivity index (χ4v) is 4.19. The SMILES string of the molecule is NC1(C(=O)N2CCCC(c3cccc(-c4cnc5ccc(Cl)cn45)n3)C2)CC1. The smallest absolute Gasteiger partial charge is 0.242 e. The summed E-state index contributed by atoms with van der Waals surface area (Å²) in [4.78, 5) is 23.9. The number of nitrogens with zero attached hydrogens (tertiary/aromatic N) is 4. The molecule has 2 N–H and O–H groups in total. The van der Waals surface area contributed by atoms with Crippen LogP contribution in [-0.2, 0) is 4.79 Å². The zero-order valence-electron chi connectivity index (χ0n) is 15.5. The lowest BCUT2D eigenvalue weighted by Gasteiger charge is -2.34. The molecule has 0 spiro atoms. The minimum Gasteiger partial charge on any atom is -0.340 e. The number of pyridine rings is 2. The summed E-state index contributed by atoms with van der Waals surface area (Å²) in [7, 11) is 0. The molecule has 2 aliphatic rings. The quantitative estimate of drug-likeness (QED) is 0.738. The van der Waals surface area contributed by atoms with Gasteiger partial charge in [0.25, 0.3) is 0 Å². The molecule has 0 bridgehead atoms. The average Bonchev–Trinajstić information content (AvgIpc) is 3.34. The van der Waals surface area contributed by atoms with E-state index in [1.54, 1.807) is 0 Å². The van der Waals surface area contributed by atoms with E-state index in [9.17, 15) is 4.79 Å². The number of likely N-dealkylation sites (tertiary alicyclic amines) is 1. The Morgan fingerprint density at radius 1 is 1.25 bits per heavy atom. The van der Waals surface area contributed by atoms with Gasteiger partial charge in [0.1, 0.15) is 5.65 Å². The van der Waals surface area contributed by atoms with Crippen molar-refractivity contribution < 1.29 is 4.79 Å². The van der Waals surface area contributed by atoms with E-state index < -0.39 is 5.54 Å². The summed E-state index contributed by atoms with van der Waals surface area (Å²) in [5.41, 5.74) is 9.13. The van der Waals surface area contributed by atoms with Gasteiger partial charge in [-0.15, -0.1) is 0 Å². The van der Waals surface area contributed by atoms with Crippen molar-refractivity contribution >= 4 is 23.2 Å². The maximum atomic E-state index is 12.6. The van der Waals surface area contributed by atoms with Crippen molar-refractivity contribution in [2.75, 3.05) is 13.1 Å². The zero-order valence-corrected chi connectivity index (χ0v) is 16.3. The largest absolute Gasteiger partial charge is 0.340 e. The molecule has 144 valence electrons. The fourth-order valence-electron chi connectivity index (χ4n) is 4.03. The van der Waals surface area contributed by atoms with Crippen LogP contribution < -0.4 is 5.73 Å². The van der Waals surface area contributed by atoms with Crippen LogP contribution in [0.2, 0.25) is 5.02 Å². The van der Waals surface area contributed by atoms with Crippen LogP contribution >= 0.6 is 11.6 Å². The molecule has 3 aromatic rings. The van der Waals surface area contributed by atoms with Crippen LogP contribution in [0.1, 0.15) is 37.3 Å². The molecule has 1 aliphatic heterocycles. The third kappa shape index (κ3) is 3.06. The minimum atomic E-state index is -0.604. The summed E-state index contributed by atoms with van der Waals surface area (Å²) >= 11 is 6.16. The lowest BCUT2D eigenvalue weighted by molar-refractivity contribution is -0.134. The van der Waals surface area contributed by atoms with Gasteiger partial charge in [-0.05, 0) is 49.9 Å². The Morgan fingerprint density at radius 3 is 2.93 bits per heavy atom. The number of hydrogen-bond donors (Lipinski definition) is 1. The summed E-state index contributed by atoms with van der Waals surface area (Å²) in [5.74, 6) is 0.326. The summed E-state index contributed by atoms with van der Waals surface area (Å²) in [6, 6.07) is 9.77. The van der Waals surface area contributed by atoms with Crippen LogP contribution in [0.3, 0.4) is 0 Å². The highest BCUT2D eigenvalue weighted by atomic mass is 35.5. The first-order chi connectivity index (χ1) is 13.5. The number of imidazole rings is 1. The predicted molar refractivity (Wildman–Crippen MR) is 108 cm³/mol. The molecule has 1 saturated carbocycles. The maximum Gasteiger partial charge on any atom is 0.242 e. The Labute approximate surface area is 168 Å². The molecule has 2 fully saturated rings. The Bertz CT molecular complexity index is 1060. The first-order valence-electron chi connectivity index (χ1n) is 9.72. The van der Waals surface area contributed by atoms with Crippen LogP contribution in [0.5, 0.6) is 0 Å². The van der Waals surface area contributed by atoms with Crippen LogP contribution in [0.4, 0.5) is 0 Å². The number of halogens is 1. The monoisotopic (exact) mass is 395 g/mol. The molecular formula is C21H22ClN5O. The number of aromatic nitrogens is 3.